The molecule has 0 saturated carbocycles. The Balaban J connectivity index is 0.000000207. The van der Waals surface area contributed by atoms with Gasteiger partial charge in [-0.1, -0.05) is 23.2 Å². The minimum Gasteiger partial charge on any atom is -0.478 e. The van der Waals surface area contributed by atoms with E-state index in [1.165, 1.54) is 0 Å². The van der Waals surface area contributed by atoms with Crippen molar-refractivity contribution in [1.82, 2.24) is 10.3 Å². The molecule has 2 aliphatic rings. The minimum absolute atomic E-state index is 0.377. The molecule has 1 aromatic rings. The number of anilines is 1. The Hall–Kier alpha value is -1.83. The molecule has 3 heterocycles. The maximum absolute atomic E-state index is 9.55. The Morgan fingerprint density at radius 2 is 1.91 bits per heavy atom. The third-order valence-electron chi connectivity index (χ3n) is 3.62. The monoisotopic (exact) mass is 359 g/mol. The third-order valence-corrected chi connectivity index (χ3v) is 4.30. The molecule has 3 N–H and O–H groups in total. The molecular formula is C14H15Cl2N3O4. The van der Waals surface area contributed by atoms with Gasteiger partial charge in [-0.05, 0) is 6.07 Å². The van der Waals surface area contributed by atoms with Gasteiger partial charge in [0, 0.05) is 43.7 Å². The van der Waals surface area contributed by atoms with Crippen LogP contribution in [0, 0.1) is 5.92 Å². The fourth-order valence-corrected chi connectivity index (χ4v) is 2.79. The quantitative estimate of drug-likeness (QED) is 0.555. The predicted molar refractivity (Wildman–Crippen MR) is 86.2 cm³/mol. The van der Waals surface area contributed by atoms with Crippen molar-refractivity contribution in [2.24, 2.45) is 5.92 Å². The van der Waals surface area contributed by atoms with Gasteiger partial charge >= 0.3 is 11.9 Å². The molecule has 0 aromatic carbocycles. The van der Waals surface area contributed by atoms with E-state index < -0.39 is 11.9 Å². The number of hydrogen-bond donors (Lipinski definition) is 3. The van der Waals surface area contributed by atoms with Crippen molar-refractivity contribution >= 4 is 40.8 Å². The Bertz CT molecular complexity index is 622. The van der Waals surface area contributed by atoms with Gasteiger partial charge in [-0.15, -0.1) is 0 Å². The van der Waals surface area contributed by atoms with E-state index in [0.717, 1.165) is 31.2 Å². The number of aliphatic carboxylic acids is 2. The number of pyridine rings is 1. The summed E-state index contributed by atoms with van der Waals surface area (Å²) in [6.45, 7) is 3.29. The van der Waals surface area contributed by atoms with Gasteiger partial charge in [0.1, 0.15) is 5.15 Å². The Morgan fingerprint density at radius 3 is 2.43 bits per heavy atom. The molecule has 3 rings (SSSR count). The lowest BCUT2D eigenvalue weighted by Gasteiger charge is -2.45. The third kappa shape index (κ3) is 4.57. The topological polar surface area (TPSA) is 103 Å². The van der Waals surface area contributed by atoms with Crippen LogP contribution in [0.5, 0.6) is 0 Å². The van der Waals surface area contributed by atoms with Crippen molar-refractivity contribution in [1.29, 1.82) is 0 Å². The second-order valence-corrected chi connectivity index (χ2v) is 5.88. The second kappa shape index (κ2) is 7.63. The molecule has 0 aliphatic carbocycles. The lowest BCUT2D eigenvalue weighted by atomic mass is 9.91. The Labute approximate surface area is 142 Å². The smallest absolute Gasteiger partial charge is 0.328 e. The molecule has 9 heteroatoms. The molecule has 0 bridgehead atoms. The van der Waals surface area contributed by atoms with Gasteiger partial charge in [-0.3, -0.25) is 0 Å². The lowest BCUT2D eigenvalue weighted by Crippen LogP contribution is -2.55. The Morgan fingerprint density at radius 1 is 1.26 bits per heavy atom. The average molecular weight is 360 g/mol. The summed E-state index contributed by atoms with van der Waals surface area (Å²) in [5, 5.41) is 19.9. The highest BCUT2D eigenvalue weighted by molar-refractivity contribution is 6.41. The van der Waals surface area contributed by atoms with Crippen LogP contribution in [-0.2, 0) is 9.59 Å². The molecule has 7 nitrogen and oxygen atoms in total. The van der Waals surface area contributed by atoms with E-state index in [4.69, 9.17) is 33.4 Å². The zero-order valence-corrected chi connectivity index (χ0v) is 13.5. The number of aromatic nitrogens is 1. The number of hydrogen-bond acceptors (Lipinski definition) is 5. The highest BCUT2D eigenvalue weighted by Crippen LogP contribution is 2.35. The number of nitrogens with zero attached hydrogens (tertiary/aromatic N) is 2. The number of carbonyl (C=O) groups is 2. The highest BCUT2D eigenvalue weighted by Gasteiger charge is 2.42. The number of nitrogens with one attached hydrogen (secondary N) is 1. The van der Waals surface area contributed by atoms with Crippen LogP contribution in [0.25, 0.3) is 0 Å². The standard InChI is InChI=1S/C10H11Cl2N3.C4H4O4/c11-8-1-7(3-14-10(8)12)15-5-6-2-13-4-9(6)15;5-3(6)1-2-4(7)8/h1,3,6,9,13H,2,4-5H2;1-2H,(H,5,6)(H,7,8)/b;2-1+/t6-,9-;/m1./s1. The fourth-order valence-electron chi connectivity index (χ4n) is 2.53. The van der Waals surface area contributed by atoms with Crippen molar-refractivity contribution in [2.45, 2.75) is 6.04 Å². The van der Waals surface area contributed by atoms with Crippen LogP contribution in [0.2, 0.25) is 10.2 Å². The lowest BCUT2D eigenvalue weighted by molar-refractivity contribution is -0.134. The fraction of sp³-hybridized carbons (Fsp3) is 0.357. The summed E-state index contributed by atoms with van der Waals surface area (Å²) in [6, 6.07) is 2.51. The zero-order valence-electron chi connectivity index (χ0n) is 11.9. The summed E-state index contributed by atoms with van der Waals surface area (Å²) < 4.78 is 0. The van der Waals surface area contributed by atoms with Gasteiger partial charge in [-0.2, -0.15) is 0 Å². The van der Waals surface area contributed by atoms with E-state index in [1.54, 1.807) is 6.20 Å². The first-order chi connectivity index (χ1) is 10.9. The largest absolute Gasteiger partial charge is 0.478 e. The van der Waals surface area contributed by atoms with Crippen molar-refractivity contribution in [3.8, 4) is 0 Å². The molecule has 1 aromatic heterocycles. The first-order valence-electron chi connectivity index (χ1n) is 6.81. The van der Waals surface area contributed by atoms with Gasteiger partial charge in [0.2, 0.25) is 0 Å². The van der Waals surface area contributed by atoms with Crippen LogP contribution in [-0.4, -0.2) is 52.8 Å². The molecular weight excluding hydrogens is 345 g/mol. The second-order valence-electron chi connectivity index (χ2n) is 5.11. The molecule has 23 heavy (non-hydrogen) atoms. The van der Waals surface area contributed by atoms with E-state index >= 15 is 0 Å². The highest BCUT2D eigenvalue weighted by atomic mass is 35.5. The number of rotatable bonds is 3. The van der Waals surface area contributed by atoms with Crippen molar-refractivity contribution in [2.75, 3.05) is 24.5 Å². The van der Waals surface area contributed by atoms with Gasteiger partial charge in [-0.25, -0.2) is 14.6 Å². The van der Waals surface area contributed by atoms with Gasteiger partial charge < -0.3 is 20.4 Å². The molecule has 2 aliphatic heterocycles. The zero-order chi connectivity index (χ0) is 17.0. The predicted octanol–water partition coefficient (Wildman–Crippen LogP) is 1.51. The molecule has 2 atom stereocenters. The summed E-state index contributed by atoms with van der Waals surface area (Å²) in [7, 11) is 0. The van der Waals surface area contributed by atoms with Gasteiger partial charge in [0.25, 0.3) is 0 Å². The molecule has 0 unspecified atom stereocenters. The SMILES string of the molecule is Clc1cc(N2C[C@H]3CNC[C@H]32)cnc1Cl.O=C(O)/C=C/C(=O)O. The number of fused-ring (bicyclic) bond motifs is 1. The molecule has 0 radical (unpaired) electrons. The van der Waals surface area contributed by atoms with Crippen LogP contribution in [0.15, 0.2) is 24.4 Å². The van der Waals surface area contributed by atoms with Crippen LogP contribution in [0.3, 0.4) is 0 Å². The molecule has 0 amide bonds. The van der Waals surface area contributed by atoms with Crippen LogP contribution in [0.4, 0.5) is 5.69 Å². The van der Waals surface area contributed by atoms with Crippen LogP contribution < -0.4 is 10.2 Å². The van der Waals surface area contributed by atoms with E-state index in [1.807, 2.05) is 6.07 Å². The molecule has 2 fully saturated rings. The number of halogens is 2. The summed E-state index contributed by atoms with van der Waals surface area (Å²) in [5.41, 5.74) is 1.08. The van der Waals surface area contributed by atoms with Crippen molar-refractivity contribution in [3.63, 3.8) is 0 Å². The number of carboxylic acids is 2. The van der Waals surface area contributed by atoms with Gasteiger partial charge in [0.05, 0.1) is 16.9 Å². The molecule has 124 valence electrons. The first-order valence-corrected chi connectivity index (χ1v) is 7.56. The van der Waals surface area contributed by atoms with E-state index in [0.29, 0.717) is 28.4 Å². The maximum atomic E-state index is 9.55. The van der Waals surface area contributed by atoms with Crippen LogP contribution in [0.1, 0.15) is 0 Å². The maximum Gasteiger partial charge on any atom is 0.328 e. The van der Waals surface area contributed by atoms with E-state index in [9.17, 15) is 9.59 Å². The minimum atomic E-state index is -1.26. The number of carboxylic acid groups (broad SMARTS) is 2. The Kier molecular flexibility index (Phi) is 5.81. The van der Waals surface area contributed by atoms with Crippen molar-refractivity contribution in [3.05, 3.63) is 34.6 Å². The van der Waals surface area contributed by atoms with Crippen molar-refractivity contribution < 1.29 is 19.8 Å². The summed E-state index contributed by atoms with van der Waals surface area (Å²) >= 11 is 11.7. The average Bonchev–Trinajstić information content (AvgIpc) is 2.82. The summed E-state index contributed by atoms with van der Waals surface area (Å²) in [6.07, 6.45) is 2.91. The first kappa shape index (κ1) is 17.5. The normalized spacial score (nSPS) is 22.1. The summed E-state index contributed by atoms with van der Waals surface area (Å²) in [5.74, 6) is -1.72. The molecule has 2 saturated heterocycles. The van der Waals surface area contributed by atoms with Gasteiger partial charge in [0.15, 0.2) is 0 Å². The van der Waals surface area contributed by atoms with Crippen LogP contribution >= 0.6 is 23.2 Å². The van der Waals surface area contributed by atoms with E-state index in [-0.39, 0.29) is 0 Å². The molecule has 0 spiro atoms. The summed E-state index contributed by atoms with van der Waals surface area (Å²) in [4.78, 5) is 25.5. The van der Waals surface area contributed by atoms with E-state index in [2.05, 4.69) is 15.2 Å².